The largest absolute Gasteiger partial charge is 0.348 e. The highest BCUT2D eigenvalue weighted by atomic mass is 16.2. The van der Waals surface area contributed by atoms with E-state index in [-0.39, 0.29) is 5.91 Å². The van der Waals surface area contributed by atoms with Gasteiger partial charge in [-0.25, -0.2) is 4.98 Å². The van der Waals surface area contributed by atoms with Gasteiger partial charge in [0.25, 0.3) is 5.91 Å². The number of carbonyl (C=O) groups excluding carboxylic acids is 1. The summed E-state index contributed by atoms with van der Waals surface area (Å²) >= 11 is 0. The van der Waals surface area contributed by atoms with E-state index in [1.54, 1.807) is 6.20 Å². The number of H-pyrrole nitrogens is 1. The lowest BCUT2D eigenvalue weighted by Gasteiger charge is -2.32. The van der Waals surface area contributed by atoms with E-state index in [9.17, 15) is 4.79 Å². The van der Waals surface area contributed by atoms with Crippen molar-refractivity contribution in [2.75, 3.05) is 26.2 Å². The number of hydrogen-bond acceptors (Lipinski definition) is 3. The molecule has 2 fully saturated rings. The summed E-state index contributed by atoms with van der Waals surface area (Å²) < 4.78 is 0. The number of nitrogens with zero attached hydrogens (tertiary/aromatic N) is 3. The van der Waals surface area contributed by atoms with Crippen LogP contribution < -0.4 is 0 Å². The molecule has 0 bridgehead atoms. The van der Waals surface area contributed by atoms with Crippen molar-refractivity contribution < 1.29 is 4.79 Å². The smallest absolute Gasteiger partial charge is 0.253 e. The van der Waals surface area contributed by atoms with Gasteiger partial charge in [-0.15, -0.1) is 0 Å². The molecule has 1 aromatic carbocycles. The molecule has 1 amide bonds. The molecule has 5 heteroatoms. The summed E-state index contributed by atoms with van der Waals surface area (Å²) in [6, 6.07) is 8.26. The molecule has 27 heavy (non-hydrogen) atoms. The Bertz CT molecular complexity index is 735. The molecule has 2 aliphatic heterocycles. The van der Waals surface area contributed by atoms with Crippen molar-refractivity contribution in [2.24, 2.45) is 0 Å². The van der Waals surface area contributed by atoms with E-state index in [4.69, 9.17) is 0 Å². The van der Waals surface area contributed by atoms with Crippen molar-refractivity contribution in [1.82, 2.24) is 19.8 Å². The number of aromatic nitrogens is 2. The molecule has 5 nitrogen and oxygen atoms in total. The summed E-state index contributed by atoms with van der Waals surface area (Å²) in [5, 5.41) is 0. The van der Waals surface area contributed by atoms with Crippen molar-refractivity contribution >= 4 is 5.91 Å². The minimum absolute atomic E-state index is 0.156. The van der Waals surface area contributed by atoms with Gasteiger partial charge in [-0.2, -0.15) is 0 Å². The first-order valence-electron chi connectivity index (χ1n) is 10.4. The number of aromatic amines is 1. The Hall–Kier alpha value is -2.14. The van der Waals surface area contributed by atoms with Crippen molar-refractivity contribution in [2.45, 2.75) is 51.0 Å². The fraction of sp³-hybridized carbons (Fsp3) is 0.545. The number of likely N-dealkylation sites (tertiary alicyclic amines) is 2. The fourth-order valence-electron chi connectivity index (χ4n) is 4.42. The van der Waals surface area contributed by atoms with Gasteiger partial charge >= 0.3 is 0 Å². The van der Waals surface area contributed by atoms with Crippen LogP contribution in [0, 0.1) is 0 Å². The van der Waals surface area contributed by atoms with Crippen LogP contribution in [0.3, 0.4) is 0 Å². The molecule has 1 N–H and O–H groups in total. The highest BCUT2D eigenvalue weighted by Gasteiger charge is 2.27. The Labute approximate surface area is 161 Å². The van der Waals surface area contributed by atoms with Crippen LogP contribution in [0.2, 0.25) is 0 Å². The first kappa shape index (κ1) is 18.2. The second kappa shape index (κ2) is 8.70. The summed E-state index contributed by atoms with van der Waals surface area (Å²) in [7, 11) is 0. The Morgan fingerprint density at radius 3 is 2.74 bits per heavy atom. The summed E-state index contributed by atoms with van der Waals surface area (Å²) in [4.78, 5) is 25.2. The minimum atomic E-state index is 0.156. The summed E-state index contributed by atoms with van der Waals surface area (Å²) in [6.45, 7) is 4.90. The third kappa shape index (κ3) is 4.59. The zero-order valence-electron chi connectivity index (χ0n) is 16.1. The average molecular weight is 367 g/mol. The molecule has 144 valence electrons. The van der Waals surface area contributed by atoms with Crippen molar-refractivity contribution in [3.63, 3.8) is 0 Å². The quantitative estimate of drug-likeness (QED) is 0.895. The van der Waals surface area contributed by atoms with E-state index in [0.29, 0.717) is 5.92 Å². The van der Waals surface area contributed by atoms with Gasteiger partial charge in [0.15, 0.2) is 0 Å². The van der Waals surface area contributed by atoms with E-state index >= 15 is 0 Å². The summed E-state index contributed by atoms with van der Waals surface area (Å²) in [6.07, 6.45) is 11.1. The molecule has 0 radical (unpaired) electrons. The SMILES string of the molecule is O=C(c1cccc(CN2CCCCCC2)c1)N1CCCC(c2ncc[nH]2)C1. The number of nitrogens with one attached hydrogen (secondary N) is 1. The third-order valence-corrected chi connectivity index (χ3v) is 5.89. The number of carbonyl (C=O) groups is 1. The zero-order valence-corrected chi connectivity index (χ0v) is 16.1. The predicted molar refractivity (Wildman–Crippen MR) is 107 cm³/mol. The molecule has 1 atom stereocenters. The molecule has 2 saturated heterocycles. The van der Waals surface area contributed by atoms with E-state index in [1.165, 1.54) is 44.3 Å². The van der Waals surface area contributed by atoms with Crippen LogP contribution >= 0.6 is 0 Å². The molecule has 0 spiro atoms. The van der Waals surface area contributed by atoms with Crippen LogP contribution in [0.1, 0.15) is 66.2 Å². The molecule has 2 aromatic rings. The lowest BCUT2D eigenvalue weighted by molar-refractivity contribution is 0.0704. The zero-order chi connectivity index (χ0) is 18.5. The first-order valence-corrected chi connectivity index (χ1v) is 10.4. The molecular formula is C22H30N4O. The van der Waals surface area contributed by atoms with Crippen LogP contribution in [0.15, 0.2) is 36.7 Å². The van der Waals surface area contributed by atoms with Crippen LogP contribution in [0.5, 0.6) is 0 Å². The van der Waals surface area contributed by atoms with Gasteiger partial charge < -0.3 is 9.88 Å². The molecule has 2 aliphatic rings. The normalized spacial score (nSPS) is 21.8. The predicted octanol–water partition coefficient (Wildman–Crippen LogP) is 3.81. The van der Waals surface area contributed by atoms with E-state index < -0.39 is 0 Å². The van der Waals surface area contributed by atoms with Gasteiger partial charge in [-0.1, -0.05) is 25.0 Å². The Kier molecular flexibility index (Phi) is 5.87. The molecule has 4 rings (SSSR count). The van der Waals surface area contributed by atoms with Crippen LogP contribution in [0.25, 0.3) is 0 Å². The third-order valence-electron chi connectivity index (χ3n) is 5.89. The average Bonchev–Trinajstić information content (AvgIpc) is 3.13. The number of benzene rings is 1. The van der Waals surface area contributed by atoms with E-state index in [0.717, 1.165) is 43.9 Å². The lowest BCUT2D eigenvalue weighted by Crippen LogP contribution is -2.39. The maximum Gasteiger partial charge on any atom is 0.253 e. The van der Waals surface area contributed by atoms with Crippen molar-refractivity contribution in [3.8, 4) is 0 Å². The van der Waals surface area contributed by atoms with Gasteiger partial charge in [0.1, 0.15) is 5.82 Å². The van der Waals surface area contributed by atoms with Crippen LogP contribution in [-0.4, -0.2) is 51.9 Å². The van der Waals surface area contributed by atoms with Gasteiger partial charge in [0.05, 0.1) is 0 Å². The Balaban J connectivity index is 1.42. The number of amides is 1. The van der Waals surface area contributed by atoms with Crippen molar-refractivity contribution in [1.29, 1.82) is 0 Å². The van der Waals surface area contributed by atoms with E-state index in [1.807, 2.05) is 23.2 Å². The van der Waals surface area contributed by atoms with Gasteiger partial charge in [0.2, 0.25) is 0 Å². The number of imidazole rings is 1. The molecular weight excluding hydrogens is 336 g/mol. The lowest BCUT2D eigenvalue weighted by atomic mass is 9.96. The minimum Gasteiger partial charge on any atom is -0.348 e. The number of piperidine rings is 1. The second-order valence-electron chi connectivity index (χ2n) is 7.96. The van der Waals surface area contributed by atoms with E-state index in [2.05, 4.69) is 27.0 Å². The summed E-state index contributed by atoms with van der Waals surface area (Å²) in [5.74, 6) is 1.48. The maximum atomic E-state index is 13.1. The van der Waals surface area contributed by atoms with Gasteiger partial charge in [-0.05, 0) is 56.5 Å². The molecule has 0 saturated carbocycles. The molecule has 0 aliphatic carbocycles. The highest BCUT2D eigenvalue weighted by Crippen LogP contribution is 2.25. The maximum absolute atomic E-state index is 13.1. The Morgan fingerprint density at radius 2 is 1.96 bits per heavy atom. The fourth-order valence-corrected chi connectivity index (χ4v) is 4.42. The Morgan fingerprint density at radius 1 is 1.11 bits per heavy atom. The van der Waals surface area contributed by atoms with Crippen molar-refractivity contribution in [3.05, 3.63) is 53.6 Å². The first-order chi connectivity index (χ1) is 13.3. The van der Waals surface area contributed by atoms with Crippen LogP contribution in [-0.2, 0) is 6.54 Å². The number of rotatable bonds is 4. The second-order valence-corrected chi connectivity index (χ2v) is 7.96. The number of hydrogen-bond donors (Lipinski definition) is 1. The molecule has 1 unspecified atom stereocenters. The summed E-state index contributed by atoms with van der Waals surface area (Å²) in [5.41, 5.74) is 2.07. The monoisotopic (exact) mass is 366 g/mol. The standard InChI is InChI=1S/C22H30N4O/c27-22(26-14-6-9-20(17-26)21-23-10-11-24-21)19-8-5-7-18(15-19)16-25-12-3-1-2-4-13-25/h5,7-8,10-11,15,20H,1-4,6,9,12-14,16-17H2,(H,23,24). The topological polar surface area (TPSA) is 52.2 Å². The van der Waals surface area contributed by atoms with Gasteiger partial charge in [0, 0.05) is 43.5 Å². The molecule has 3 heterocycles. The van der Waals surface area contributed by atoms with Gasteiger partial charge in [-0.3, -0.25) is 9.69 Å². The molecule has 1 aromatic heterocycles. The van der Waals surface area contributed by atoms with Crippen LogP contribution in [0.4, 0.5) is 0 Å². The highest BCUT2D eigenvalue weighted by molar-refractivity contribution is 5.94.